The fourth-order valence-electron chi connectivity index (χ4n) is 3.26. The molecule has 2 aromatic carbocycles. The maximum absolute atomic E-state index is 12.4. The Balaban J connectivity index is 1.25. The van der Waals surface area contributed by atoms with Crippen LogP contribution in [0.4, 0.5) is 0 Å². The molecule has 0 aliphatic heterocycles. The molecule has 31 heavy (non-hydrogen) atoms. The van der Waals surface area contributed by atoms with Crippen molar-refractivity contribution in [3.05, 3.63) is 60.3 Å². The van der Waals surface area contributed by atoms with Crippen LogP contribution in [0.2, 0.25) is 0 Å². The van der Waals surface area contributed by atoms with E-state index in [1.54, 1.807) is 13.3 Å². The van der Waals surface area contributed by atoms with Crippen molar-refractivity contribution in [1.82, 2.24) is 15.3 Å². The van der Waals surface area contributed by atoms with Gasteiger partial charge in [0.2, 0.25) is 0 Å². The largest absolute Gasteiger partial charge is 0.497 e. The van der Waals surface area contributed by atoms with Crippen LogP contribution < -0.4 is 10.1 Å². The van der Waals surface area contributed by atoms with Crippen molar-refractivity contribution in [2.45, 2.75) is 23.9 Å². The molecular formula is C23H23N3O4S. The van der Waals surface area contributed by atoms with Crippen molar-refractivity contribution in [3.63, 3.8) is 0 Å². The van der Waals surface area contributed by atoms with Gasteiger partial charge in [-0.2, -0.15) is 0 Å². The number of aromatic nitrogens is 2. The van der Waals surface area contributed by atoms with E-state index in [-0.39, 0.29) is 24.3 Å². The molecule has 1 saturated carbocycles. The monoisotopic (exact) mass is 437 g/mol. The SMILES string of the molecule is COc1ccc(C(NC(=O)COC(=O)CSc2cnc3ccccc3n2)C2CC2)cc1. The van der Waals surface area contributed by atoms with Gasteiger partial charge in [0.15, 0.2) is 6.61 Å². The third kappa shape index (κ3) is 5.73. The van der Waals surface area contributed by atoms with Gasteiger partial charge >= 0.3 is 5.97 Å². The first kappa shape index (κ1) is 21.1. The van der Waals surface area contributed by atoms with Gasteiger partial charge in [-0.25, -0.2) is 4.98 Å². The third-order valence-corrected chi connectivity index (χ3v) is 5.89. The van der Waals surface area contributed by atoms with E-state index in [2.05, 4.69) is 15.3 Å². The number of benzene rings is 2. The lowest BCUT2D eigenvalue weighted by atomic mass is 10.0. The minimum absolute atomic E-state index is 0.0604. The normalized spacial score (nSPS) is 14.1. The number of fused-ring (bicyclic) bond motifs is 1. The summed E-state index contributed by atoms with van der Waals surface area (Å²) < 4.78 is 10.3. The maximum atomic E-state index is 12.4. The average Bonchev–Trinajstić information content (AvgIpc) is 3.65. The van der Waals surface area contributed by atoms with Crippen LogP contribution >= 0.6 is 11.8 Å². The standard InChI is InChI=1S/C23H23N3O4S/c1-29-17-10-8-16(9-11-17)23(15-6-7-15)26-20(27)13-30-22(28)14-31-21-12-24-18-4-2-3-5-19(18)25-21/h2-5,8-12,15,23H,6-7,13-14H2,1H3,(H,26,27). The zero-order valence-corrected chi connectivity index (χ0v) is 17.9. The number of esters is 1. The topological polar surface area (TPSA) is 90.4 Å². The number of carbonyl (C=O) groups is 2. The number of ether oxygens (including phenoxy) is 2. The summed E-state index contributed by atoms with van der Waals surface area (Å²) in [5, 5.41) is 3.63. The molecule has 4 rings (SSSR count). The van der Waals surface area contributed by atoms with Crippen molar-refractivity contribution >= 4 is 34.7 Å². The van der Waals surface area contributed by atoms with Gasteiger partial charge in [0, 0.05) is 0 Å². The smallest absolute Gasteiger partial charge is 0.316 e. The molecule has 1 aliphatic carbocycles. The fourth-order valence-corrected chi connectivity index (χ4v) is 3.90. The Kier molecular flexibility index (Phi) is 6.66. The number of carbonyl (C=O) groups excluding carboxylic acids is 2. The lowest BCUT2D eigenvalue weighted by Crippen LogP contribution is -2.33. The Morgan fingerprint density at radius 3 is 2.58 bits per heavy atom. The molecule has 1 N–H and O–H groups in total. The zero-order valence-electron chi connectivity index (χ0n) is 17.1. The Hall–Kier alpha value is -3.13. The molecule has 1 fully saturated rings. The van der Waals surface area contributed by atoms with Crippen molar-refractivity contribution in [3.8, 4) is 5.75 Å². The molecule has 3 aromatic rings. The third-order valence-electron chi connectivity index (χ3n) is 5.01. The number of rotatable bonds is 9. The Labute approximate surface area is 184 Å². The summed E-state index contributed by atoms with van der Waals surface area (Å²) >= 11 is 1.23. The Morgan fingerprint density at radius 2 is 1.87 bits per heavy atom. The Bertz CT molecular complexity index is 1070. The van der Waals surface area contributed by atoms with E-state index in [0.29, 0.717) is 10.9 Å². The zero-order chi connectivity index (χ0) is 21.6. The number of amides is 1. The maximum Gasteiger partial charge on any atom is 0.316 e. The Morgan fingerprint density at radius 1 is 1.13 bits per heavy atom. The molecule has 160 valence electrons. The molecule has 1 aliphatic rings. The fraction of sp³-hybridized carbons (Fsp3) is 0.304. The van der Waals surface area contributed by atoms with E-state index in [0.717, 1.165) is 35.2 Å². The van der Waals surface area contributed by atoms with Crippen molar-refractivity contribution in [2.75, 3.05) is 19.5 Å². The summed E-state index contributed by atoms with van der Waals surface area (Å²) in [6.45, 7) is -0.303. The van der Waals surface area contributed by atoms with Gasteiger partial charge in [-0.1, -0.05) is 36.0 Å². The van der Waals surface area contributed by atoms with Gasteiger partial charge in [0.1, 0.15) is 10.8 Å². The molecule has 0 spiro atoms. The molecule has 8 heteroatoms. The van der Waals surface area contributed by atoms with Crippen LogP contribution in [0.15, 0.2) is 59.8 Å². The van der Waals surface area contributed by atoms with Crippen molar-refractivity contribution in [2.24, 2.45) is 5.92 Å². The molecule has 1 heterocycles. The molecule has 7 nitrogen and oxygen atoms in total. The second-order valence-corrected chi connectivity index (χ2v) is 8.30. The van der Waals surface area contributed by atoms with E-state index in [1.807, 2.05) is 48.5 Å². The number of hydrogen-bond acceptors (Lipinski definition) is 7. The van der Waals surface area contributed by atoms with Gasteiger partial charge in [-0.3, -0.25) is 14.6 Å². The van der Waals surface area contributed by atoms with Crippen LogP contribution in [0.1, 0.15) is 24.4 Å². The van der Waals surface area contributed by atoms with E-state index < -0.39 is 5.97 Å². The second kappa shape index (κ2) is 9.78. The van der Waals surface area contributed by atoms with E-state index in [4.69, 9.17) is 9.47 Å². The number of thioether (sulfide) groups is 1. The summed E-state index contributed by atoms with van der Waals surface area (Å²) in [5.74, 6) is 0.464. The van der Waals surface area contributed by atoms with Crippen LogP contribution in [0.5, 0.6) is 5.75 Å². The summed E-state index contributed by atoms with van der Waals surface area (Å²) in [4.78, 5) is 33.2. The molecule has 0 radical (unpaired) electrons. The molecule has 0 saturated heterocycles. The molecule has 1 aromatic heterocycles. The number of nitrogens with one attached hydrogen (secondary N) is 1. The predicted octanol–water partition coefficient (Wildman–Crippen LogP) is 3.54. The van der Waals surface area contributed by atoms with Crippen molar-refractivity contribution < 1.29 is 19.1 Å². The highest BCUT2D eigenvalue weighted by Crippen LogP contribution is 2.41. The van der Waals surface area contributed by atoms with E-state index in [9.17, 15) is 9.59 Å². The molecule has 1 amide bonds. The predicted molar refractivity (Wildman–Crippen MR) is 118 cm³/mol. The first-order valence-corrected chi connectivity index (χ1v) is 11.0. The minimum Gasteiger partial charge on any atom is -0.497 e. The first-order chi connectivity index (χ1) is 15.1. The molecule has 0 bridgehead atoms. The summed E-state index contributed by atoms with van der Waals surface area (Å²) in [6.07, 6.45) is 3.77. The quantitative estimate of drug-likeness (QED) is 0.404. The lowest BCUT2D eigenvalue weighted by Gasteiger charge is -2.19. The van der Waals surface area contributed by atoms with Crippen LogP contribution in [-0.2, 0) is 14.3 Å². The van der Waals surface area contributed by atoms with Gasteiger partial charge < -0.3 is 14.8 Å². The number of methoxy groups -OCH3 is 1. The summed E-state index contributed by atoms with van der Waals surface area (Å²) in [5.41, 5.74) is 2.59. The van der Waals surface area contributed by atoms with Gasteiger partial charge in [0.05, 0.1) is 36.1 Å². The van der Waals surface area contributed by atoms with Gasteiger partial charge in [0.25, 0.3) is 5.91 Å². The van der Waals surface area contributed by atoms with Crippen LogP contribution in [-0.4, -0.2) is 41.3 Å². The minimum atomic E-state index is -0.470. The first-order valence-electron chi connectivity index (χ1n) is 10.1. The van der Waals surface area contributed by atoms with Crippen LogP contribution in [0.25, 0.3) is 11.0 Å². The average molecular weight is 438 g/mol. The number of hydrogen-bond donors (Lipinski definition) is 1. The van der Waals surface area contributed by atoms with Crippen LogP contribution in [0.3, 0.4) is 0 Å². The molecule has 1 atom stereocenters. The van der Waals surface area contributed by atoms with Gasteiger partial charge in [-0.05, 0) is 48.6 Å². The second-order valence-electron chi connectivity index (χ2n) is 7.30. The lowest BCUT2D eigenvalue weighted by molar-refractivity contribution is -0.146. The van der Waals surface area contributed by atoms with Gasteiger partial charge in [-0.15, -0.1) is 0 Å². The highest BCUT2D eigenvalue weighted by molar-refractivity contribution is 7.99. The molecule has 1 unspecified atom stereocenters. The van der Waals surface area contributed by atoms with Crippen LogP contribution in [0, 0.1) is 5.92 Å². The van der Waals surface area contributed by atoms with E-state index >= 15 is 0 Å². The highest BCUT2D eigenvalue weighted by atomic mass is 32.2. The number of nitrogens with zero attached hydrogens (tertiary/aromatic N) is 2. The van der Waals surface area contributed by atoms with Crippen molar-refractivity contribution in [1.29, 1.82) is 0 Å². The summed E-state index contributed by atoms with van der Waals surface area (Å²) in [6, 6.07) is 15.1. The summed E-state index contributed by atoms with van der Waals surface area (Å²) in [7, 11) is 1.62. The molecular weight excluding hydrogens is 414 g/mol. The number of para-hydroxylation sites is 2. The van der Waals surface area contributed by atoms with E-state index in [1.165, 1.54) is 11.8 Å². The highest BCUT2D eigenvalue weighted by Gasteiger charge is 2.33.